The SMILES string of the molecule is NC(=O)NC(=O)c1cccc2cccnc12. The maximum atomic E-state index is 11.6. The maximum absolute atomic E-state index is 11.6. The fraction of sp³-hybridized carbons (Fsp3) is 0. The number of hydrogen-bond acceptors (Lipinski definition) is 3. The first-order valence-electron chi connectivity index (χ1n) is 4.63. The van der Waals surface area contributed by atoms with Gasteiger partial charge in [-0.1, -0.05) is 18.2 Å². The molecule has 3 N–H and O–H groups in total. The van der Waals surface area contributed by atoms with Gasteiger partial charge in [0.1, 0.15) is 0 Å². The first kappa shape index (κ1) is 10.1. The van der Waals surface area contributed by atoms with Gasteiger partial charge in [0, 0.05) is 11.6 Å². The number of carbonyl (C=O) groups excluding carboxylic acids is 2. The molecule has 0 fully saturated rings. The molecule has 0 radical (unpaired) electrons. The number of imide groups is 1. The smallest absolute Gasteiger partial charge is 0.319 e. The zero-order chi connectivity index (χ0) is 11.5. The number of primary amides is 1. The second-order valence-corrected chi connectivity index (χ2v) is 3.20. The van der Waals surface area contributed by atoms with Gasteiger partial charge in [0.05, 0.1) is 11.1 Å². The number of hydrogen-bond donors (Lipinski definition) is 2. The van der Waals surface area contributed by atoms with E-state index in [-0.39, 0.29) is 0 Å². The van der Waals surface area contributed by atoms with Crippen LogP contribution in [0.3, 0.4) is 0 Å². The Hall–Kier alpha value is -2.43. The molecular weight excluding hydrogens is 206 g/mol. The Morgan fingerprint density at radius 3 is 2.69 bits per heavy atom. The predicted octanol–water partition coefficient (Wildman–Crippen LogP) is 1.04. The Bertz CT molecular complexity index is 561. The van der Waals surface area contributed by atoms with Gasteiger partial charge in [0.2, 0.25) is 0 Å². The zero-order valence-electron chi connectivity index (χ0n) is 8.31. The van der Waals surface area contributed by atoms with Gasteiger partial charge in [-0.3, -0.25) is 15.1 Å². The summed E-state index contributed by atoms with van der Waals surface area (Å²) >= 11 is 0. The first-order chi connectivity index (χ1) is 7.68. The summed E-state index contributed by atoms with van der Waals surface area (Å²) in [5.41, 5.74) is 5.76. The summed E-state index contributed by atoms with van der Waals surface area (Å²) < 4.78 is 0. The van der Waals surface area contributed by atoms with Crippen molar-refractivity contribution >= 4 is 22.8 Å². The van der Waals surface area contributed by atoms with E-state index in [1.807, 2.05) is 17.4 Å². The normalized spacial score (nSPS) is 10.0. The van der Waals surface area contributed by atoms with Gasteiger partial charge in [-0.05, 0) is 12.1 Å². The highest BCUT2D eigenvalue weighted by molar-refractivity contribution is 6.10. The van der Waals surface area contributed by atoms with Crippen molar-refractivity contribution in [2.24, 2.45) is 5.73 Å². The molecule has 1 heterocycles. The molecule has 0 aliphatic heterocycles. The molecule has 0 bridgehead atoms. The molecule has 80 valence electrons. The van der Waals surface area contributed by atoms with Crippen molar-refractivity contribution in [3.8, 4) is 0 Å². The zero-order valence-corrected chi connectivity index (χ0v) is 8.31. The van der Waals surface area contributed by atoms with Crippen molar-refractivity contribution in [1.82, 2.24) is 10.3 Å². The lowest BCUT2D eigenvalue weighted by molar-refractivity contribution is 0.0967. The van der Waals surface area contributed by atoms with Crippen molar-refractivity contribution < 1.29 is 9.59 Å². The van der Waals surface area contributed by atoms with Gasteiger partial charge in [0.15, 0.2) is 0 Å². The summed E-state index contributed by atoms with van der Waals surface area (Å²) in [5, 5.41) is 2.84. The minimum atomic E-state index is -0.877. The number of benzene rings is 1. The van der Waals surface area contributed by atoms with Crippen LogP contribution in [0.15, 0.2) is 36.5 Å². The molecule has 0 aliphatic carbocycles. The Kier molecular flexibility index (Phi) is 2.51. The molecule has 0 aliphatic rings. The molecule has 16 heavy (non-hydrogen) atoms. The lowest BCUT2D eigenvalue weighted by Crippen LogP contribution is -2.35. The van der Waals surface area contributed by atoms with Crippen LogP contribution in [0.2, 0.25) is 0 Å². The number of rotatable bonds is 1. The van der Waals surface area contributed by atoms with Crippen molar-refractivity contribution in [3.05, 3.63) is 42.1 Å². The number of aromatic nitrogens is 1. The summed E-state index contributed by atoms with van der Waals surface area (Å²) in [5.74, 6) is -0.545. The molecule has 2 aromatic rings. The first-order valence-corrected chi connectivity index (χ1v) is 4.63. The number of fused-ring (bicyclic) bond motifs is 1. The number of pyridine rings is 1. The van der Waals surface area contributed by atoms with Crippen LogP contribution in [-0.4, -0.2) is 16.9 Å². The molecule has 2 rings (SSSR count). The van der Waals surface area contributed by atoms with Crippen LogP contribution < -0.4 is 11.1 Å². The fourth-order valence-electron chi connectivity index (χ4n) is 1.47. The largest absolute Gasteiger partial charge is 0.351 e. The highest BCUT2D eigenvalue weighted by Gasteiger charge is 2.11. The average molecular weight is 215 g/mol. The third kappa shape index (κ3) is 1.83. The van der Waals surface area contributed by atoms with E-state index in [0.717, 1.165) is 5.39 Å². The summed E-state index contributed by atoms with van der Waals surface area (Å²) in [6.07, 6.45) is 1.59. The molecule has 3 amide bonds. The van der Waals surface area contributed by atoms with Crippen LogP contribution >= 0.6 is 0 Å². The van der Waals surface area contributed by atoms with E-state index < -0.39 is 11.9 Å². The third-order valence-electron chi connectivity index (χ3n) is 2.11. The second-order valence-electron chi connectivity index (χ2n) is 3.20. The monoisotopic (exact) mass is 215 g/mol. The lowest BCUT2D eigenvalue weighted by Gasteiger charge is -2.04. The molecule has 5 heteroatoms. The number of amides is 3. The number of nitrogens with one attached hydrogen (secondary N) is 1. The van der Waals surface area contributed by atoms with Crippen molar-refractivity contribution in [3.63, 3.8) is 0 Å². The highest BCUT2D eigenvalue weighted by atomic mass is 16.2. The molecule has 0 spiro atoms. The minimum absolute atomic E-state index is 0.330. The highest BCUT2D eigenvalue weighted by Crippen LogP contribution is 2.15. The topological polar surface area (TPSA) is 85.1 Å². The molecule has 0 unspecified atom stereocenters. The summed E-state index contributed by atoms with van der Waals surface area (Å²) in [4.78, 5) is 26.3. The van der Waals surface area contributed by atoms with Gasteiger partial charge in [-0.25, -0.2) is 4.79 Å². The number of urea groups is 1. The molecule has 0 saturated heterocycles. The van der Waals surface area contributed by atoms with Crippen molar-refractivity contribution in [2.45, 2.75) is 0 Å². The summed E-state index contributed by atoms with van der Waals surface area (Å²) in [7, 11) is 0. The Labute approximate surface area is 91.3 Å². The Morgan fingerprint density at radius 1 is 1.19 bits per heavy atom. The quantitative estimate of drug-likeness (QED) is 0.745. The third-order valence-corrected chi connectivity index (χ3v) is 2.11. The van der Waals surface area contributed by atoms with E-state index >= 15 is 0 Å². The number of carbonyl (C=O) groups is 2. The van der Waals surface area contributed by atoms with E-state index in [2.05, 4.69) is 4.98 Å². The average Bonchev–Trinajstić information content (AvgIpc) is 2.27. The Balaban J connectivity index is 2.52. The maximum Gasteiger partial charge on any atom is 0.319 e. The molecule has 0 atom stereocenters. The van der Waals surface area contributed by atoms with Gasteiger partial charge in [-0.2, -0.15) is 0 Å². The molecule has 0 saturated carbocycles. The summed E-state index contributed by atoms with van der Waals surface area (Å²) in [6, 6.07) is 7.89. The van der Waals surface area contributed by atoms with Crippen LogP contribution in [0, 0.1) is 0 Å². The van der Waals surface area contributed by atoms with Crippen molar-refractivity contribution in [2.75, 3.05) is 0 Å². The standard InChI is InChI=1S/C11H9N3O2/c12-11(16)14-10(15)8-5-1-3-7-4-2-6-13-9(7)8/h1-6H,(H3,12,14,15,16). The predicted molar refractivity (Wildman–Crippen MR) is 58.8 cm³/mol. The van der Waals surface area contributed by atoms with Crippen LogP contribution in [0.1, 0.15) is 10.4 Å². The molecule has 5 nitrogen and oxygen atoms in total. The van der Waals surface area contributed by atoms with Gasteiger partial charge in [0.25, 0.3) is 5.91 Å². The van der Waals surface area contributed by atoms with Crippen LogP contribution in [0.5, 0.6) is 0 Å². The van der Waals surface area contributed by atoms with Crippen LogP contribution in [0.4, 0.5) is 4.79 Å². The van der Waals surface area contributed by atoms with E-state index in [1.54, 1.807) is 24.4 Å². The fourth-order valence-corrected chi connectivity index (χ4v) is 1.47. The summed E-state index contributed by atoms with van der Waals surface area (Å²) in [6.45, 7) is 0. The van der Waals surface area contributed by atoms with Crippen molar-refractivity contribution in [1.29, 1.82) is 0 Å². The van der Waals surface area contributed by atoms with E-state index in [0.29, 0.717) is 11.1 Å². The Morgan fingerprint density at radius 2 is 1.94 bits per heavy atom. The van der Waals surface area contributed by atoms with Crippen LogP contribution in [0.25, 0.3) is 10.9 Å². The number of para-hydroxylation sites is 1. The van der Waals surface area contributed by atoms with Gasteiger partial charge in [-0.15, -0.1) is 0 Å². The van der Waals surface area contributed by atoms with E-state index in [1.165, 1.54) is 0 Å². The number of nitrogens with two attached hydrogens (primary N) is 1. The number of nitrogens with zero attached hydrogens (tertiary/aromatic N) is 1. The van der Waals surface area contributed by atoms with E-state index in [4.69, 9.17) is 5.73 Å². The molecular formula is C11H9N3O2. The minimum Gasteiger partial charge on any atom is -0.351 e. The lowest BCUT2D eigenvalue weighted by atomic mass is 10.1. The van der Waals surface area contributed by atoms with Gasteiger partial charge < -0.3 is 5.73 Å². The second kappa shape index (κ2) is 3.98. The van der Waals surface area contributed by atoms with Gasteiger partial charge >= 0.3 is 6.03 Å². The molecule has 1 aromatic heterocycles. The molecule has 1 aromatic carbocycles. The van der Waals surface area contributed by atoms with Crippen LogP contribution in [-0.2, 0) is 0 Å². The van der Waals surface area contributed by atoms with E-state index in [9.17, 15) is 9.59 Å².